The minimum Gasteiger partial charge on any atom is -0.323 e. The third kappa shape index (κ3) is 11.6. The highest BCUT2D eigenvalue weighted by Gasteiger charge is 2.61. The normalized spacial score (nSPS) is 15.8. The van der Waals surface area contributed by atoms with Crippen LogP contribution in [-0.4, -0.2) is 123 Å². The van der Waals surface area contributed by atoms with Gasteiger partial charge in [0.15, 0.2) is 0 Å². The van der Waals surface area contributed by atoms with Crippen LogP contribution in [0.15, 0.2) is 0 Å². The van der Waals surface area contributed by atoms with Gasteiger partial charge in [0, 0.05) is 13.1 Å². The summed E-state index contributed by atoms with van der Waals surface area (Å²) < 4.78 is 95.0. The van der Waals surface area contributed by atoms with Crippen molar-refractivity contribution in [3.05, 3.63) is 0 Å². The minimum absolute atomic E-state index is 1.08. The molecule has 0 aliphatic heterocycles. The molecule has 0 aliphatic rings. The van der Waals surface area contributed by atoms with Crippen LogP contribution in [0.4, 0.5) is 0 Å². The van der Waals surface area contributed by atoms with Gasteiger partial charge in [0.1, 0.15) is 0 Å². The van der Waals surface area contributed by atoms with E-state index >= 15 is 0 Å². The number of rotatable bonds is 15. The van der Waals surface area contributed by atoms with Gasteiger partial charge in [-0.05, 0) is 0 Å². The van der Waals surface area contributed by atoms with Crippen LogP contribution in [0, 0.1) is 0 Å². The van der Waals surface area contributed by atoms with Crippen LogP contribution < -0.4 is 0 Å². The minimum atomic E-state index is -6.54. The third-order valence-electron chi connectivity index (χ3n) is 4.21. The number of hydrogen-bond acceptors (Lipinski definition) is 10. The summed E-state index contributed by atoms with van der Waals surface area (Å²) in [6, 6.07) is 0. The Kier molecular flexibility index (Phi) is 13.2. The van der Waals surface area contributed by atoms with E-state index in [1.54, 1.807) is 0 Å². The van der Waals surface area contributed by atoms with Crippen LogP contribution in [-0.2, 0) is 36.5 Å². The Hall–Kier alpha value is 1.12. The summed E-state index contributed by atoms with van der Waals surface area (Å²) >= 11 is 0. The maximum absolute atomic E-state index is 11.9. The van der Waals surface area contributed by atoms with Gasteiger partial charge in [0.2, 0.25) is 22.1 Å². The van der Waals surface area contributed by atoms with E-state index in [4.69, 9.17) is 0 Å². The molecule has 16 N–H and O–H groups in total. The maximum Gasteiger partial charge on any atom is 0.355 e. The molecule has 0 saturated heterocycles. The lowest BCUT2D eigenvalue weighted by Gasteiger charge is -2.41. The fourth-order valence-corrected chi connectivity index (χ4v) is 15.5. The first kappa shape index (κ1) is 41.1. The van der Waals surface area contributed by atoms with Gasteiger partial charge in [0.25, 0.3) is 0 Å². The van der Waals surface area contributed by atoms with Crippen molar-refractivity contribution in [1.29, 1.82) is 0 Å². The van der Waals surface area contributed by atoms with E-state index in [9.17, 15) is 115 Å². The largest absolute Gasteiger partial charge is 0.355 e. The van der Waals surface area contributed by atoms with Gasteiger partial charge in [-0.1, -0.05) is 0 Å². The van der Waals surface area contributed by atoms with E-state index in [0.29, 0.717) is 0 Å². The molecule has 0 radical (unpaired) electrons. The Labute approximate surface area is 220 Å². The summed E-state index contributed by atoms with van der Waals surface area (Å²) in [5.41, 5.74) is -15.9. The zero-order valence-corrected chi connectivity index (χ0v) is 25.8. The highest BCUT2D eigenvalue weighted by molar-refractivity contribution is 7.73. The Bertz CT molecular complexity index is 1010. The van der Waals surface area contributed by atoms with Gasteiger partial charge in [-0.3, -0.25) is 46.3 Å². The summed E-state index contributed by atoms with van der Waals surface area (Å²) in [6.07, 6.45) is 0. The van der Waals surface area contributed by atoms with Crippen molar-refractivity contribution in [2.45, 2.75) is 22.1 Å². The molecule has 0 aliphatic carbocycles. The van der Waals surface area contributed by atoms with Crippen molar-refractivity contribution >= 4 is 60.8 Å². The molecule has 0 unspecified atom stereocenters. The Balaban J connectivity index is 7.78. The molecule has 0 atom stereocenters. The molecule has 0 aromatic rings. The average Bonchev–Trinajstić information content (AvgIpc) is 2.48. The fourth-order valence-electron chi connectivity index (χ4n) is 3.26. The summed E-state index contributed by atoms with van der Waals surface area (Å²) in [6.45, 7) is -4.54. The van der Waals surface area contributed by atoms with Crippen molar-refractivity contribution in [3.63, 3.8) is 0 Å². The fraction of sp³-hybridized carbons (Fsp3) is 1.00. The lowest BCUT2D eigenvalue weighted by Crippen LogP contribution is -2.50. The molecule has 40 heavy (non-hydrogen) atoms. The molecular formula is C6H24N2O24P8. The Morgan fingerprint density at radius 1 is 0.300 bits per heavy atom. The SMILES string of the molecule is O=P(O)(O)C(N(CCN(C(P(=O)(O)O)P(=O)(O)O)C(P(=O)(O)O)P(=O)(O)O)C(P(=O)(O)O)P(=O)(O)O)P(=O)(O)O. The summed E-state index contributed by atoms with van der Waals surface area (Å²) in [7, 11) is -52.3. The van der Waals surface area contributed by atoms with Crippen molar-refractivity contribution in [2.24, 2.45) is 0 Å². The zero-order valence-electron chi connectivity index (χ0n) is 18.6. The predicted octanol–water partition coefficient (Wildman–Crippen LogP) is -3.85. The monoisotopic (exact) mass is 756 g/mol. The predicted molar refractivity (Wildman–Crippen MR) is 125 cm³/mol. The molecule has 26 nitrogen and oxygen atoms in total. The topological polar surface area (TPSA) is 467 Å². The molecule has 0 amide bonds. The van der Waals surface area contributed by atoms with E-state index in [1.165, 1.54) is 0 Å². The highest BCUT2D eigenvalue weighted by Crippen LogP contribution is 2.71. The molecule has 0 saturated carbocycles. The number of hydrogen-bond donors (Lipinski definition) is 16. The van der Waals surface area contributed by atoms with Gasteiger partial charge in [-0.25, -0.2) is 0 Å². The van der Waals surface area contributed by atoms with E-state index in [-0.39, 0.29) is 0 Å². The van der Waals surface area contributed by atoms with Crippen LogP contribution in [0.1, 0.15) is 0 Å². The smallest absolute Gasteiger partial charge is 0.323 e. The first-order chi connectivity index (χ1) is 17.0. The van der Waals surface area contributed by atoms with Crippen molar-refractivity contribution < 1.29 is 115 Å². The molecule has 0 aromatic carbocycles. The molecule has 0 heterocycles. The van der Waals surface area contributed by atoms with E-state index in [1.807, 2.05) is 0 Å². The van der Waals surface area contributed by atoms with Gasteiger partial charge < -0.3 is 78.3 Å². The molecule has 0 spiro atoms. The first-order valence-electron chi connectivity index (χ1n) is 8.89. The molecular weight excluding hydrogens is 732 g/mol. The van der Waals surface area contributed by atoms with Gasteiger partial charge in [0.05, 0.1) is 0 Å². The Morgan fingerprint density at radius 2 is 0.400 bits per heavy atom. The quantitative estimate of drug-likeness (QED) is 0.0711. The maximum atomic E-state index is 11.9. The summed E-state index contributed by atoms with van der Waals surface area (Å²) in [4.78, 5) is 149. The van der Waals surface area contributed by atoms with Crippen molar-refractivity contribution in [3.8, 4) is 0 Å². The standard InChI is InChI=1S/C6H24N2O24P8/c9-33(10,11)3(34(12,13)14)7(4(35(15,16)17)36(18,19)20)1-2-8(5(37(21,22)23)38(24,25)26)6(39(27,28)29)40(30,31)32/h3-6H,1-2H2,(H2,9,10,11)(H2,12,13,14)(H2,15,16,17)(H2,18,19,20)(H2,21,22,23)(H2,24,25,26)(H2,27,28,29)(H2,30,31,32). The average molecular weight is 756 g/mol. The second kappa shape index (κ2) is 12.9. The molecule has 0 bridgehead atoms. The third-order valence-corrected chi connectivity index (χ3v) is 18.6. The van der Waals surface area contributed by atoms with E-state index < -0.39 is 106 Å². The number of nitrogens with zero attached hydrogens (tertiary/aromatic N) is 2. The van der Waals surface area contributed by atoms with Crippen LogP contribution in [0.25, 0.3) is 0 Å². The second-order valence-electron chi connectivity index (χ2n) is 7.57. The van der Waals surface area contributed by atoms with E-state index in [0.717, 1.165) is 0 Å². The van der Waals surface area contributed by atoms with Gasteiger partial charge in [-0.15, -0.1) is 0 Å². The van der Waals surface area contributed by atoms with Crippen LogP contribution in [0.2, 0.25) is 0 Å². The zero-order chi connectivity index (χ0) is 32.9. The summed E-state index contributed by atoms with van der Waals surface area (Å²) in [5, 5.41) is 0. The second-order valence-corrected chi connectivity index (χ2v) is 22.5. The summed E-state index contributed by atoms with van der Waals surface area (Å²) in [5.74, 6) is 0. The van der Waals surface area contributed by atoms with E-state index in [2.05, 4.69) is 0 Å². The first-order valence-corrected chi connectivity index (χ1v) is 22.3. The Morgan fingerprint density at radius 3 is 0.475 bits per heavy atom. The van der Waals surface area contributed by atoms with Gasteiger partial charge in [-0.2, -0.15) is 0 Å². The molecule has 0 aromatic heterocycles. The highest BCUT2D eigenvalue weighted by atomic mass is 31.3. The van der Waals surface area contributed by atoms with Crippen LogP contribution in [0.3, 0.4) is 0 Å². The molecule has 0 rings (SSSR count). The van der Waals surface area contributed by atoms with Crippen molar-refractivity contribution in [2.75, 3.05) is 13.1 Å². The lowest BCUT2D eigenvalue weighted by molar-refractivity contribution is 0.152. The van der Waals surface area contributed by atoms with Crippen molar-refractivity contribution in [1.82, 2.24) is 9.80 Å². The lowest BCUT2D eigenvalue weighted by atomic mass is 10.5. The molecule has 0 fully saturated rings. The van der Waals surface area contributed by atoms with Crippen LogP contribution in [0.5, 0.6) is 0 Å². The molecule has 242 valence electrons. The molecule has 34 heteroatoms. The van der Waals surface area contributed by atoms with Crippen LogP contribution >= 0.6 is 60.8 Å². The van der Waals surface area contributed by atoms with Gasteiger partial charge >= 0.3 is 60.8 Å².